The van der Waals surface area contributed by atoms with Crippen molar-refractivity contribution in [2.45, 2.75) is 11.3 Å². The maximum atomic E-state index is 12.2. The van der Waals surface area contributed by atoms with Crippen LogP contribution in [0.15, 0.2) is 71.6 Å². The second-order valence-corrected chi connectivity index (χ2v) is 8.73. The van der Waals surface area contributed by atoms with Gasteiger partial charge in [0.25, 0.3) is 0 Å². The van der Waals surface area contributed by atoms with Gasteiger partial charge in [-0.1, -0.05) is 46.9 Å². The van der Waals surface area contributed by atoms with Crippen molar-refractivity contribution in [3.05, 3.63) is 87.4 Å². The van der Waals surface area contributed by atoms with E-state index in [0.29, 0.717) is 26.4 Å². The molecule has 0 saturated carbocycles. The molecule has 0 aliphatic rings. The van der Waals surface area contributed by atoms with Crippen molar-refractivity contribution in [1.29, 1.82) is 0 Å². The predicted molar refractivity (Wildman–Crippen MR) is 126 cm³/mol. The summed E-state index contributed by atoms with van der Waals surface area (Å²) in [5.41, 5.74) is 2.13. The third-order valence-corrected chi connectivity index (χ3v) is 5.63. The number of thioether (sulfide) groups is 1. The smallest absolute Gasteiger partial charge is 0.234 e. The van der Waals surface area contributed by atoms with Crippen LogP contribution < -0.4 is 10.6 Å². The van der Waals surface area contributed by atoms with E-state index in [0.717, 1.165) is 10.5 Å². The molecule has 0 heterocycles. The molecule has 0 aliphatic heterocycles. The average Bonchev–Trinajstić information content (AvgIpc) is 2.68. The highest BCUT2D eigenvalue weighted by atomic mass is 35.5. The maximum absolute atomic E-state index is 12.2. The Bertz CT molecular complexity index is 1020. The summed E-state index contributed by atoms with van der Waals surface area (Å²) >= 11 is 19.1. The molecule has 3 aromatic rings. The number of benzene rings is 3. The van der Waals surface area contributed by atoms with E-state index in [1.807, 2.05) is 24.3 Å². The lowest BCUT2D eigenvalue weighted by atomic mass is 10.1. The number of carbonyl (C=O) groups excluding carboxylic acids is 2. The molecule has 3 aromatic carbocycles. The van der Waals surface area contributed by atoms with Gasteiger partial charge in [-0.2, -0.15) is 0 Å². The molecule has 0 fully saturated rings. The number of hydrogen-bond acceptors (Lipinski definition) is 3. The molecule has 0 aliphatic carbocycles. The Morgan fingerprint density at radius 2 is 1.30 bits per heavy atom. The number of carbonyl (C=O) groups is 2. The van der Waals surface area contributed by atoms with Crippen LogP contribution >= 0.6 is 46.6 Å². The topological polar surface area (TPSA) is 58.2 Å². The largest absolute Gasteiger partial charge is 0.326 e. The van der Waals surface area contributed by atoms with Gasteiger partial charge >= 0.3 is 0 Å². The summed E-state index contributed by atoms with van der Waals surface area (Å²) in [6.07, 6.45) is 0.265. The van der Waals surface area contributed by atoms with E-state index in [1.165, 1.54) is 11.8 Å². The Kier molecular flexibility index (Phi) is 8.05. The lowest BCUT2D eigenvalue weighted by Crippen LogP contribution is -2.14. The van der Waals surface area contributed by atoms with Crippen LogP contribution in [0.2, 0.25) is 15.1 Å². The molecule has 0 aromatic heterocycles. The van der Waals surface area contributed by atoms with Crippen LogP contribution in [0, 0.1) is 0 Å². The van der Waals surface area contributed by atoms with E-state index >= 15 is 0 Å². The highest BCUT2D eigenvalue weighted by Crippen LogP contribution is 2.24. The van der Waals surface area contributed by atoms with Gasteiger partial charge in [-0.25, -0.2) is 0 Å². The molecule has 0 unspecified atom stereocenters. The molecular weight excluding hydrogens is 463 g/mol. The second kappa shape index (κ2) is 10.7. The first kappa shape index (κ1) is 22.5. The van der Waals surface area contributed by atoms with Crippen molar-refractivity contribution in [3.8, 4) is 0 Å². The van der Waals surface area contributed by atoms with Crippen molar-refractivity contribution < 1.29 is 9.59 Å². The van der Waals surface area contributed by atoms with Gasteiger partial charge in [0.15, 0.2) is 0 Å². The Labute approximate surface area is 193 Å². The quantitative estimate of drug-likeness (QED) is 0.377. The number of amides is 2. The fourth-order valence-corrected chi connectivity index (χ4v) is 3.95. The van der Waals surface area contributed by atoms with Crippen molar-refractivity contribution in [2.24, 2.45) is 0 Å². The monoisotopic (exact) mass is 478 g/mol. The summed E-state index contributed by atoms with van der Waals surface area (Å²) in [5, 5.41) is 7.17. The van der Waals surface area contributed by atoms with Crippen LogP contribution in [0.3, 0.4) is 0 Å². The van der Waals surface area contributed by atoms with E-state index in [1.54, 1.807) is 42.5 Å². The van der Waals surface area contributed by atoms with Crippen molar-refractivity contribution in [3.63, 3.8) is 0 Å². The van der Waals surface area contributed by atoms with E-state index in [2.05, 4.69) is 10.6 Å². The van der Waals surface area contributed by atoms with E-state index in [4.69, 9.17) is 34.8 Å². The van der Waals surface area contributed by atoms with Gasteiger partial charge in [-0.3, -0.25) is 9.59 Å². The first-order valence-electron chi connectivity index (χ1n) is 8.90. The van der Waals surface area contributed by atoms with Crippen LogP contribution in [-0.4, -0.2) is 17.6 Å². The summed E-state index contributed by atoms with van der Waals surface area (Å²) in [4.78, 5) is 25.2. The minimum Gasteiger partial charge on any atom is -0.326 e. The summed E-state index contributed by atoms with van der Waals surface area (Å²) in [6.45, 7) is 0. The SMILES string of the molecule is O=C(CSc1ccc(NC(=O)Cc2ccc(Cl)cc2)cc1)Nc1cc(Cl)cc(Cl)c1. The molecule has 0 atom stereocenters. The van der Waals surface area contributed by atoms with Crippen LogP contribution in [-0.2, 0) is 16.0 Å². The molecular formula is C22H17Cl3N2O2S. The average molecular weight is 480 g/mol. The lowest BCUT2D eigenvalue weighted by Gasteiger charge is -2.08. The first-order valence-corrected chi connectivity index (χ1v) is 11.0. The van der Waals surface area contributed by atoms with Crippen LogP contribution in [0.4, 0.5) is 11.4 Å². The normalized spacial score (nSPS) is 10.5. The van der Waals surface area contributed by atoms with Crippen LogP contribution in [0.1, 0.15) is 5.56 Å². The van der Waals surface area contributed by atoms with Gasteiger partial charge in [0, 0.05) is 31.3 Å². The van der Waals surface area contributed by atoms with E-state index < -0.39 is 0 Å². The number of nitrogens with one attached hydrogen (secondary N) is 2. The molecule has 4 nitrogen and oxygen atoms in total. The Hall–Kier alpha value is -2.18. The van der Waals surface area contributed by atoms with Crippen LogP contribution in [0.5, 0.6) is 0 Å². The van der Waals surface area contributed by atoms with Crippen molar-refractivity contribution in [2.75, 3.05) is 16.4 Å². The van der Waals surface area contributed by atoms with Crippen molar-refractivity contribution >= 4 is 69.8 Å². The van der Waals surface area contributed by atoms with Gasteiger partial charge in [0.2, 0.25) is 11.8 Å². The molecule has 2 amide bonds. The van der Waals surface area contributed by atoms with Gasteiger partial charge < -0.3 is 10.6 Å². The predicted octanol–water partition coefficient (Wildman–Crippen LogP) is 6.56. The highest BCUT2D eigenvalue weighted by Gasteiger charge is 2.07. The Morgan fingerprint density at radius 1 is 0.700 bits per heavy atom. The molecule has 0 saturated heterocycles. The molecule has 0 bridgehead atoms. The number of halogens is 3. The van der Waals surface area contributed by atoms with Gasteiger partial charge in [-0.15, -0.1) is 11.8 Å². The third-order valence-electron chi connectivity index (χ3n) is 3.93. The third kappa shape index (κ3) is 7.26. The molecule has 0 radical (unpaired) electrons. The zero-order valence-electron chi connectivity index (χ0n) is 15.6. The first-order chi connectivity index (χ1) is 14.4. The molecule has 2 N–H and O–H groups in total. The fourth-order valence-electron chi connectivity index (χ4n) is 2.60. The summed E-state index contributed by atoms with van der Waals surface area (Å²) in [5.74, 6) is -0.0529. The zero-order chi connectivity index (χ0) is 21.5. The molecule has 30 heavy (non-hydrogen) atoms. The number of anilines is 2. The maximum Gasteiger partial charge on any atom is 0.234 e. The number of hydrogen-bond donors (Lipinski definition) is 2. The van der Waals surface area contributed by atoms with E-state index in [-0.39, 0.29) is 24.0 Å². The second-order valence-electron chi connectivity index (χ2n) is 6.37. The van der Waals surface area contributed by atoms with E-state index in [9.17, 15) is 9.59 Å². The molecule has 8 heteroatoms. The Balaban J connectivity index is 1.47. The molecule has 0 spiro atoms. The minimum atomic E-state index is -0.168. The molecule has 154 valence electrons. The van der Waals surface area contributed by atoms with Gasteiger partial charge in [0.05, 0.1) is 12.2 Å². The van der Waals surface area contributed by atoms with Gasteiger partial charge in [0.1, 0.15) is 0 Å². The Morgan fingerprint density at radius 3 is 1.93 bits per heavy atom. The summed E-state index contributed by atoms with van der Waals surface area (Å²) in [7, 11) is 0. The summed E-state index contributed by atoms with van der Waals surface area (Å²) in [6, 6.07) is 19.3. The summed E-state index contributed by atoms with van der Waals surface area (Å²) < 4.78 is 0. The molecule has 3 rings (SSSR count). The standard InChI is InChI=1S/C22H17Cl3N2O2S/c23-15-3-1-14(2-4-15)9-21(28)26-18-5-7-20(8-6-18)30-13-22(29)27-19-11-16(24)10-17(25)12-19/h1-8,10-12H,9,13H2,(H,26,28)(H,27,29). The highest BCUT2D eigenvalue weighted by molar-refractivity contribution is 8.00. The lowest BCUT2D eigenvalue weighted by molar-refractivity contribution is -0.115. The van der Waals surface area contributed by atoms with Gasteiger partial charge in [-0.05, 0) is 60.2 Å². The zero-order valence-corrected chi connectivity index (χ0v) is 18.7. The number of rotatable bonds is 7. The van der Waals surface area contributed by atoms with Crippen LogP contribution in [0.25, 0.3) is 0 Å². The fraction of sp³-hybridized carbons (Fsp3) is 0.0909. The minimum absolute atomic E-state index is 0.114. The van der Waals surface area contributed by atoms with Crippen molar-refractivity contribution in [1.82, 2.24) is 0 Å².